The molecule has 0 saturated carbocycles. The summed E-state index contributed by atoms with van der Waals surface area (Å²) in [6, 6.07) is 16.1. The Balaban J connectivity index is 1.87. The van der Waals surface area contributed by atoms with Crippen LogP contribution in [0.4, 0.5) is 17.2 Å². The molecular formula is C23H22ClN5O3S. The number of benzene rings is 2. The van der Waals surface area contributed by atoms with E-state index in [1.807, 2.05) is 51.4 Å². The minimum absolute atomic E-state index is 0.0272. The van der Waals surface area contributed by atoms with Gasteiger partial charge in [0, 0.05) is 26.0 Å². The Morgan fingerprint density at radius 2 is 1.82 bits per heavy atom. The van der Waals surface area contributed by atoms with Crippen molar-refractivity contribution in [2.45, 2.75) is 18.4 Å². The number of anilines is 2. The van der Waals surface area contributed by atoms with Crippen LogP contribution in [0.25, 0.3) is 0 Å². The highest BCUT2D eigenvalue weighted by Crippen LogP contribution is 2.41. The first-order valence-corrected chi connectivity index (χ1v) is 11.9. The largest absolute Gasteiger partial charge is 0.492 e. The smallest absolute Gasteiger partial charge is 0.242 e. The lowest BCUT2D eigenvalue weighted by atomic mass is 10.2. The summed E-state index contributed by atoms with van der Waals surface area (Å²) in [5, 5.41) is 18.6. The van der Waals surface area contributed by atoms with Gasteiger partial charge in [-0.2, -0.15) is 0 Å². The first-order valence-electron chi connectivity index (χ1n) is 10.0. The summed E-state index contributed by atoms with van der Waals surface area (Å²) >= 11 is 6.17. The van der Waals surface area contributed by atoms with Crippen molar-refractivity contribution in [3.63, 3.8) is 0 Å². The molecule has 0 amide bonds. The van der Waals surface area contributed by atoms with Crippen molar-refractivity contribution in [2.24, 2.45) is 10.2 Å². The summed E-state index contributed by atoms with van der Waals surface area (Å²) in [4.78, 5) is 7.42. The van der Waals surface area contributed by atoms with Crippen molar-refractivity contribution < 1.29 is 13.5 Å². The summed E-state index contributed by atoms with van der Waals surface area (Å²) in [6.45, 7) is 2.06. The number of hydrogen-bond donors (Lipinski definition) is 1. The van der Waals surface area contributed by atoms with E-state index in [1.165, 1.54) is 4.90 Å². The number of pyridine rings is 1. The molecule has 0 atom stereocenters. The Morgan fingerprint density at radius 1 is 1.09 bits per heavy atom. The van der Waals surface area contributed by atoms with Crippen molar-refractivity contribution in [1.29, 1.82) is 0 Å². The fraction of sp³-hybridized carbons (Fsp3) is 0.174. The molecule has 1 aliphatic heterocycles. The van der Waals surface area contributed by atoms with Crippen LogP contribution in [0, 0.1) is 6.92 Å². The maximum Gasteiger partial charge on any atom is 0.242 e. The average molecular weight is 484 g/mol. The van der Waals surface area contributed by atoms with Crippen molar-refractivity contribution in [2.75, 3.05) is 23.9 Å². The Hall–Kier alpha value is -3.43. The van der Waals surface area contributed by atoms with E-state index in [0.717, 1.165) is 11.1 Å². The third kappa shape index (κ3) is 4.42. The van der Waals surface area contributed by atoms with Gasteiger partial charge in [0.05, 0.1) is 22.2 Å². The van der Waals surface area contributed by atoms with Gasteiger partial charge in [-0.15, -0.1) is 10.2 Å². The molecule has 33 heavy (non-hydrogen) atoms. The second kappa shape index (κ2) is 8.84. The summed E-state index contributed by atoms with van der Waals surface area (Å²) in [5.41, 5.74) is 2.75. The number of aliphatic hydroxyl groups excluding tert-OH is 1. The number of aliphatic hydroxyl groups is 1. The molecule has 0 aliphatic carbocycles. The zero-order valence-electron chi connectivity index (χ0n) is 18.3. The van der Waals surface area contributed by atoms with E-state index in [4.69, 9.17) is 11.6 Å². The van der Waals surface area contributed by atoms with Crippen LogP contribution in [-0.4, -0.2) is 32.6 Å². The van der Waals surface area contributed by atoms with Crippen LogP contribution >= 0.6 is 11.6 Å². The van der Waals surface area contributed by atoms with E-state index in [9.17, 15) is 13.5 Å². The van der Waals surface area contributed by atoms with Crippen LogP contribution in [0.1, 0.15) is 11.1 Å². The zero-order chi connectivity index (χ0) is 23.8. The Labute approximate surface area is 197 Å². The Kier molecular flexibility index (Phi) is 6.09. The van der Waals surface area contributed by atoms with Gasteiger partial charge in [0.1, 0.15) is 0 Å². The van der Waals surface area contributed by atoms with Crippen molar-refractivity contribution >= 4 is 38.6 Å². The SMILES string of the molecule is Cc1cnc(N=NC2=C(O)N(Cc3ccccc3)c3ccc(N(C)C)cc3S2(=O)=O)c(Cl)c1. The molecule has 0 unspecified atom stereocenters. The minimum atomic E-state index is -4.17. The summed E-state index contributed by atoms with van der Waals surface area (Å²) < 4.78 is 27.0. The lowest BCUT2D eigenvalue weighted by Gasteiger charge is -2.31. The second-order valence-electron chi connectivity index (χ2n) is 7.77. The van der Waals surface area contributed by atoms with E-state index in [2.05, 4.69) is 15.2 Å². The number of hydrogen-bond acceptors (Lipinski definition) is 8. The van der Waals surface area contributed by atoms with Crippen LogP contribution in [0.15, 0.2) is 86.8 Å². The van der Waals surface area contributed by atoms with Gasteiger partial charge in [-0.3, -0.25) is 0 Å². The van der Waals surface area contributed by atoms with E-state index < -0.39 is 20.7 Å². The Morgan fingerprint density at radius 3 is 2.48 bits per heavy atom. The molecule has 3 aromatic rings. The van der Waals surface area contributed by atoms with Gasteiger partial charge in [-0.25, -0.2) is 13.4 Å². The van der Waals surface area contributed by atoms with Gasteiger partial charge in [0.25, 0.3) is 0 Å². The van der Waals surface area contributed by atoms with Gasteiger partial charge < -0.3 is 14.9 Å². The summed E-state index contributed by atoms with van der Waals surface area (Å²) in [7, 11) is -0.540. The molecule has 10 heteroatoms. The molecule has 0 radical (unpaired) electrons. The number of nitrogens with zero attached hydrogens (tertiary/aromatic N) is 5. The quantitative estimate of drug-likeness (QED) is 0.490. The lowest BCUT2D eigenvalue weighted by molar-refractivity contribution is 0.380. The molecule has 1 aliphatic rings. The van der Waals surface area contributed by atoms with Crippen molar-refractivity contribution in [3.05, 3.63) is 87.9 Å². The molecule has 8 nitrogen and oxygen atoms in total. The van der Waals surface area contributed by atoms with E-state index in [-0.39, 0.29) is 22.3 Å². The van der Waals surface area contributed by atoms with Crippen LogP contribution in [-0.2, 0) is 16.4 Å². The number of halogens is 1. The fourth-order valence-corrected chi connectivity index (χ4v) is 5.09. The number of aromatic nitrogens is 1. The summed E-state index contributed by atoms with van der Waals surface area (Å²) in [6.07, 6.45) is 1.55. The highest BCUT2D eigenvalue weighted by atomic mass is 35.5. The predicted octanol–water partition coefficient (Wildman–Crippen LogP) is 5.37. The molecule has 1 N–H and O–H groups in total. The number of rotatable bonds is 5. The van der Waals surface area contributed by atoms with Gasteiger partial charge in [-0.05, 0) is 42.3 Å². The van der Waals surface area contributed by atoms with E-state index >= 15 is 0 Å². The van der Waals surface area contributed by atoms with E-state index in [0.29, 0.717) is 11.4 Å². The van der Waals surface area contributed by atoms with Crippen LogP contribution < -0.4 is 9.80 Å². The van der Waals surface area contributed by atoms with Crippen molar-refractivity contribution in [1.82, 2.24) is 4.98 Å². The minimum Gasteiger partial charge on any atom is -0.492 e. The average Bonchev–Trinajstić information content (AvgIpc) is 2.78. The normalized spacial score (nSPS) is 15.1. The maximum absolute atomic E-state index is 13.5. The maximum atomic E-state index is 13.5. The van der Waals surface area contributed by atoms with Crippen LogP contribution in [0.3, 0.4) is 0 Å². The Bertz CT molecular complexity index is 1370. The van der Waals surface area contributed by atoms with Gasteiger partial charge in [0.2, 0.25) is 20.7 Å². The van der Waals surface area contributed by atoms with Gasteiger partial charge in [-0.1, -0.05) is 41.9 Å². The second-order valence-corrected chi connectivity index (χ2v) is 10.0. The molecular weight excluding hydrogens is 462 g/mol. The number of aryl methyl sites for hydroxylation is 1. The third-order valence-electron chi connectivity index (χ3n) is 5.12. The van der Waals surface area contributed by atoms with Crippen LogP contribution in [0.2, 0.25) is 5.02 Å². The topological polar surface area (TPSA) is 98.5 Å². The van der Waals surface area contributed by atoms with Gasteiger partial charge in [0.15, 0.2) is 5.82 Å². The molecule has 1 aromatic heterocycles. The molecule has 0 spiro atoms. The third-order valence-corrected chi connectivity index (χ3v) is 7.08. The zero-order valence-corrected chi connectivity index (χ0v) is 19.8. The number of fused-ring (bicyclic) bond motifs is 1. The monoisotopic (exact) mass is 483 g/mol. The van der Waals surface area contributed by atoms with Crippen molar-refractivity contribution in [3.8, 4) is 0 Å². The predicted molar refractivity (Wildman–Crippen MR) is 129 cm³/mol. The molecule has 2 heterocycles. The fourth-order valence-electron chi connectivity index (χ4n) is 3.39. The first kappa shape index (κ1) is 22.8. The standard InChI is InChI=1S/C23H22ClN5O3S/c1-15-11-18(24)21(25-13-15)26-27-22-23(30)29(14-16-7-5-4-6-8-16)19-10-9-17(28(2)3)12-20(19)33(22,31)32/h4-13,30H,14H2,1-3H3. The molecule has 2 aromatic carbocycles. The molecule has 0 saturated heterocycles. The lowest BCUT2D eigenvalue weighted by Crippen LogP contribution is -2.30. The number of sulfone groups is 1. The van der Waals surface area contributed by atoms with Crippen LogP contribution in [0.5, 0.6) is 0 Å². The molecule has 0 bridgehead atoms. The number of azo groups is 1. The molecule has 0 fully saturated rings. The first-order chi connectivity index (χ1) is 15.7. The molecule has 4 rings (SSSR count). The molecule has 170 valence electrons. The summed E-state index contributed by atoms with van der Waals surface area (Å²) in [5.74, 6) is -0.462. The highest BCUT2D eigenvalue weighted by Gasteiger charge is 2.38. The highest BCUT2D eigenvalue weighted by molar-refractivity contribution is 7.95. The van der Waals surface area contributed by atoms with E-state index in [1.54, 1.807) is 35.4 Å². The van der Waals surface area contributed by atoms with Gasteiger partial charge >= 0.3 is 0 Å².